The second kappa shape index (κ2) is 8.87. The predicted molar refractivity (Wildman–Crippen MR) is 114 cm³/mol. The molecule has 0 fully saturated rings. The third kappa shape index (κ3) is 4.88. The molecule has 0 aromatic heterocycles. The summed E-state index contributed by atoms with van der Waals surface area (Å²) in [5, 5.41) is 9.35. The first-order chi connectivity index (χ1) is 13.4. The summed E-state index contributed by atoms with van der Waals surface area (Å²) >= 11 is 11.9. The highest BCUT2D eigenvalue weighted by molar-refractivity contribution is 6.36. The van der Waals surface area contributed by atoms with Gasteiger partial charge in [0.1, 0.15) is 0 Å². The van der Waals surface area contributed by atoms with Gasteiger partial charge in [0.2, 0.25) is 5.91 Å². The largest absolute Gasteiger partial charge is 0.324 e. The first kappa shape index (κ1) is 19.9. The molecular formula is C21H17Cl2N3O2. The molecule has 142 valence electrons. The summed E-state index contributed by atoms with van der Waals surface area (Å²) in [6.45, 7) is 1.66. The van der Waals surface area contributed by atoms with Crippen molar-refractivity contribution in [1.29, 1.82) is 0 Å². The van der Waals surface area contributed by atoms with Crippen LogP contribution in [0, 0.1) is 0 Å². The van der Waals surface area contributed by atoms with Crippen LogP contribution in [-0.4, -0.2) is 17.5 Å². The maximum Gasteiger partial charge on any atom is 0.271 e. The third-order valence-corrected chi connectivity index (χ3v) is 4.55. The van der Waals surface area contributed by atoms with E-state index in [1.54, 1.807) is 31.2 Å². The van der Waals surface area contributed by atoms with E-state index in [0.717, 1.165) is 10.8 Å². The fraction of sp³-hybridized carbons (Fsp3) is 0.0952. The molecule has 5 nitrogen and oxygen atoms in total. The normalized spacial score (nSPS) is 11.3. The molecular weight excluding hydrogens is 397 g/mol. The molecule has 0 aliphatic rings. The van der Waals surface area contributed by atoms with Crippen molar-refractivity contribution in [3.8, 4) is 0 Å². The summed E-state index contributed by atoms with van der Waals surface area (Å²) in [5.41, 5.74) is 3.94. The van der Waals surface area contributed by atoms with Gasteiger partial charge in [0.15, 0.2) is 0 Å². The summed E-state index contributed by atoms with van der Waals surface area (Å²) in [6.07, 6.45) is 0.00870. The minimum absolute atomic E-state index is 0.00870. The first-order valence-corrected chi connectivity index (χ1v) is 9.26. The molecule has 0 bridgehead atoms. The fourth-order valence-corrected chi connectivity index (χ4v) is 3.14. The first-order valence-electron chi connectivity index (χ1n) is 8.50. The van der Waals surface area contributed by atoms with Gasteiger partial charge in [-0.25, -0.2) is 5.43 Å². The number of hydrazone groups is 1. The number of hydrogen-bond donors (Lipinski definition) is 2. The van der Waals surface area contributed by atoms with E-state index in [-0.39, 0.29) is 18.2 Å². The number of halogens is 2. The zero-order valence-electron chi connectivity index (χ0n) is 15.0. The molecule has 0 aliphatic heterocycles. The molecule has 0 spiro atoms. The number of benzene rings is 3. The lowest BCUT2D eigenvalue weighted by Gasteiger charge is -2.08. The molecule has 0 aliphatic carbocycles. The molecule has 0 saturated carbocycles. The van der Waals surface area contributed by atoms with Crippen molar-refractivity contribution >= 4 is 57.2 Å². The highest BCUT2D eigenvalue weighted by Crippen LogP contribution is 2.25. The van der Waals surface area contributed by atoms with Crippen LogP contribution in [0.25, 0.3) is 10.8 Å². The Morgan fingerprint density at radius 3 is 2.54 bits per heavy atom. The van der Waals surface area contributed by atoms with Crippen molar-refractivity contribution in [3.63, 3.8) is 0 Å². The Balaban J connectivity index is 1.63. The molecule has 0 saturated heterocycles. The van der Waals surface area contributed by atoms with E-state index in [4.69, 9.17) is 23.2 Å². The van der Waals surface area contributed by atoms with E-state index in [1.165, 1.54) is 0 Å². The average Bonchev–Trinajstić information content (AvgIpc) is 2.68. The van der Waals surface area contributed by atoms with Gasteiger partial charge in [-0.1, -0.05) is 59.6 Å². The van der Waals surface area contributed by atoms with Gasteiger partial charge in [-0.15, -0.1) is 0 Å². The highest BCUT2D eigenvalue weighted by Gasteiger charge is 2.11. The number of rotatable bonds is 5. The van der Waals surface area contributed by atoms with Gasteiger partial charge in [0, 0.05) is 16.3 Å². The maximum atomic E-state index is 12.5. The molecule has 0 heterocycles. The van der Waals surface area contributed by atoms with E-state index in [0.29, 0.717) is 27.0 Å². The number of hydrogen-bond acceptors (Lipinski definition) is 3. The van der Waals surface area contributed by atoms with Crippen molar-refractivity contribution < 1.29 is 9.59 Å². The lowest BCUT2D eigenvalue weighted by Crippen LogP contribution is -2.21. The Labute approximate surface area is 172 Å². The van der Waals surface area contributed by atoms with Crippen LogP contribution in [0.2, 0.25) is 10.0 Å². The minimum atomic E-state index is -0.336. The number of fused-ring (bicyclic) bond motifs is 1. The quantitative estimate of drug-likeness (QED) is 0.441. The monoisotopic (exact) mass is 413 g/mol. The SMILES string of the molecule is C/C(CC(=O)Nc1ccc(Cl)cc1Cl)=N/NC(=O)c1cccc2ccccc12. The second-order valence-electron chi connectivity index (χ2n) is 6.16. The number of nitrogens with zero attached hydrogens (tertiary/aromatic N) is 1. The molecule has 3 aromatic rings. The van der Waals surface area contributed by atoms with Gasteiger partial charge in [0.05, 0.1) is 17.1 Å². The van der Waals surface area contributed by atoms with Crippen LogP contribution in [0.15, 0.2) is 65.8 Å². The molecule has 3 aromatic carbocycles. The fourth-order valence-electron chi connectivity index (χ4n) is 2.69. The second-order valence-corrected chi connectivity index (χ2v) is 7.01. The smallest absolute Gasteiger partial charge is 0.271 e. The molecule has 3 rings (SSSR count). The Hall–Kier alpha value is -2.89. The molecule has 28 heavy (non-hydrogen) atoms. The van der Waals surface area contributed by atoms with Crippen molar-refractivity contribution in [1.82, 2.24) is 5.43 Å². The van der Waals surface area contributed by atoms with Gasteiger partial charge in [-0.2, -0.15) is 5.10 Å². The van der Waals surface area contributed by atoms with Crippen LogP contribution >= 0.6 is 23.2 Å². The van der Waals surface area contributed by atoms with E-state index >= 15 is 0 Å². The predicted octanol–water partition coefficient (Wildman–Crippen LogP) is 5.28. The van der Waals surface area contributed by atoms with Gasteiger partial charge < -0.3 is 5.32 Å². The van der Waals surface area contributed by atoms with E-state index in [1.807, 2.05) is 36.4 Å². The molecule has 0 unspecified atom stereocenters. The molecule has 0 atom stereocenters. The topological polar surface area (TPSA) is 70.6 Å². The van der Waals surface area contributed by atoms with Crippen LogP contribution in [0.5, 0.6) is 0 Å². The Bertz CT molecular complexity index is 1070. The number of carbonyl (C=O) groups is 2. The van der Waals surface area contributed by atoms with E-state index in [9.17, 15) is 9.59 Å². The Kier molecular flexibility index (Phi) is 6.29. The molecule has 0 radical (unpaired) electrons. The van der Waals surface area contributed by atoms with Crippen LogP contribution in [0.3, 0.4) is 0 Å². The van der Waals surface area contributed by atoms with Crippen molar-refractivity contribution in [3.05, 3.63) is 76.3 Å². The van der Waals surface area contributed by atoms with Crippen molar-refractivity contribution in [2.24, 2.45) is 5.10 Å². The Morgan fingerprint density at radius 1 is 1.00 bits per heavy atom. The molecule has 7 heteroatoms. The van der Waals surface area contributed by atoms with Crippen LogP contribution in [0.1, 0.15) is 23.7 Å². The third-order valence-electron chi connectivity index (χ3n) is 4.00. The lowest BCUT2D eigenvalue weighted by atomic mass is 10.0. The van der Waals surface area contributed by atoms with Crippen LogP contribution in [0.4, 0.5) is 5.69 Å². The van der Waals surface area contributed by atoms with Gasteiger partial charge in [0.25, 0.3) is 5.91 Å². The Morgan fingerprint density at radius 2 is 1.75 bits per heavy atom. The number of nitrogens with one attached hydrogen (secondary N) is 2. The average molecular weight is 414 g/mol. The standard InChI is InChI=1S/C21H17Cl2N3O2/c1-13(11-20(27)24-19-10-9-15(22)12-18(19)23)25-26-21(28)17-8-4-6-14-5-2-3-7-16(14)17/h2-10,12H,11H2,1H3,(H,24,27)(H,26,28)/b25-13-. The summed E-state index contributed by atoms with van der Waals surface area (Å²) < 4.78 is 0. The maximum absolute atomic E-state index is 12.5. The summed E-state index contributed by atoms with van der Waals surface area (Å²) in [4.78, 5) is 24.6. The van der Waals surface area contributed by atoms with E-state index < -0.39 is 0 Å². The number of amides is 2. The zero-order valence-corrected chi connectivity index (χ0v) is 16.5. The number of anilines is 1. The lowest BCUT2D eigenvalue weighted by molar-refractivity contribution is -0.115. The van der Waals surface area contributed by atoms with Gasteiger partial charge in [-0.05, 0) is 42.0 Å². The van der Waals surface area contributed by atoms with Crippen LogP contribution in [-0.2, 0) is 4.79 Å². The summed E-state index contributed by atoms with van der Waals surface area (Å²) in [6, 6.07) is 17.9. The van der Waals surface area contributed by atoms with Crippen LogP contribution < -0.4 is 10.7 Å². The zero-order chi connectivity index (χ0) is 20.1. The van der Waals surface area contributed by atoms with Crippen molar-refractivity contribution in [2.45, 2.75) is 13.3 Å². The van der Waals surface area contributed by atoms with Crippen molar-refractivity contribution in [2.75, 3.05) is 5.32 Å². The highest BCUT2D eigenvalue weighted by atomic mass is 35.5. The minimum Gasteiger partial charge on any atom is -0.324 e. The molecule has 2 amide bonds. The van der Waals surface area contributed by atoms with E-state index in [2.05, 4.69) is 15.8 Å². The molecule has 2 N–H and O–H groups in total. The van der Waals surface area contributed by atoms with Gasteiger partial charge >= 0.3 is 0 Å². The summed E-state index contributed by atoms with van der Waals surface area (Å²) in [7, 11) is 0. The summed E-state index contributed by atoms with van der Waals surface area (Å²) in [5.74, 6) is -0.637. The van der Waals surface area contributed by atoms with Gasteiger partial charge in [-0.3, -0.25) is 9.59 Å². The number of carbonyl (C=O) groups excluding carboxylic acids is 2.